The standard InChI is InChI=1S/C17H22BNO4/c1-16(2)17(3,4)23-18(22-16)12-8-7-9-13-14(12)11(10-19(13)5)15(20)21-6/h7-10H,1-6H3. The van der Waals surface area contributed by atoms with Gasteiger partial charge >= 0.3 is 13.1 Å². The van der Waals surface area contributed by atoms with Crippen molar-refractivity contribution in [2.75, 3.05) is 7.11 Å². The third kappa shape index (κ3) is 2.37. The Hall–Kier alpha value is -1.79. The molecule has 2 heterocycles. The lowest BCUT2D eigenvalue weighted by Crippen LogP contribution is -2.41. The minimum absolute atomic E-state index is 0.362. The number of carbonyl (C=O) groups excluding carboxylic acids is 1. The first kappa shape index (κ1) is 16.1. The molecule has 1 saturated heterocycles. The highest BCUT2D eigenvalue weighted by Gasteiger charge is 2.52. The second-order valence-corrected chi connectivity index (χ2v) is 6.97. The van der Waals surface area contributed by atoms with Crippen LogP contribution < -0.4 is 5.46 Å². The Morgan fingerprint density at radius 3 is 2.35 bits per heavy atom. The van der Waals surface area contributed by atoms with Gasteiger partial charge in [0.1, 0.15) is 0 Å². The number of carbonyl (C=O) groups is 1. The number of fused-ring (bicyclic) bond motifs is 1. The van der Waals surface area contributed by atoms with E-state index in [9.17, 15) is 4.79 Å². The summed E-state index contributed by atoms with van der Waals surface area (Å²) in [5.41, 5.74) is 1.45. The van der Waals surface area contributed by atoms with Gasteiger partial charge in [0.2, 0.25) is 0 Å². The first-order valence-corrected chi connectivity index (χ1v) is 7.70. The molecule has 1 aromatic heterocycles. The molecule has 0 N–H and O–H groups in total. The molecule has 2 aromatic rings. The van der Waals surface area contributed by atoms with Crippen molar-refractivity contribution in [2.45, 2.75) is 38.9 Å². The number of ether oxygens (including phenoxy) is 1. The van der Waals surface area contributed by atoms with Crippen molar-refractivity contribution in [1.29, 1.82) is 0 Å². The molecule has 0 bridgehead atoms. The van der Waals surface area contributed by atoms with Crippen molar-refractivity contribution in [2.24, 2.45) is 7.05 Å². The number of hydrogen-bond acceptors (Lipinski definition) is 4. The molecular formula is C17H22BNO4. The SMILES string of the molecule is COC(=O)c1cn(C)c2cccc(B3OC(C)(C)C(C)(C)O3)c12. The van der Waals surface area contributed by atoms with Gasteiger partial charge in [0.25, 0.3) is 0 Å². The van der Waals surface area contributed by atoms with Gasteiger partial charge in [-0.1, -0.05) is 12.1 Å². The quantitative estimate of drug-likeness (QED) is 0.630. The molecule has 122 valence electrons. The van der Waals surface area contributed by atoms with Crippen molar-refractivity contribution in [3.8, 4) is 0 Å². The predicted molar refractivity (Wildman–Crippen MR) is 90.0 cm³/mol. The number of rotatable bonds is 2. The number of nitrogens with zero attached hydrogens (tertiary/aromatic N) is 1. The third-order valence-corrected chi connectivity index (χ3v) is 4.96. The Bertz CT molecular complexity index is 762. The van der Waals surface area contributed by atoms with Crippen LogP contribution in [0.5, 0.6) is 0 Å². The number of benzene rings is 1. The Labute approximate surface area is 136 Å². The summed E-state index contributed by atoms with van der Waals surface area (Å²) in [6, 6.07) is 5.86. The average Bonchev–Trinajstić information content (AvgIpc) is 2.92. The fourth-order valence-corrected chi connectivity index (χ4v) is 2.90. The second-order valence-electron chi connectivity index (χ2n) is 6.97. The van der Waals surface area contributed by atoms with Gasteiger partial charge in [0.15, 0.2) is 0 Å². The van der Waals surface area contributed by atoms with Crippen molar-refractivity contribution < 1.29 is 18.8 Å². The van der Waals surface area contributed by atoms with Gasteiger partial charge in [-0.05, 0) is 39.2 Å². The van der Waals surface area contributed by atoms with Gasteiger partial charge in [-0.2, -0.15) is 0 Å². The van der Waals surface area contributed by atoms with E-state index in [4.69, 9.17) is 14.0 Å². The molecule has 1 fully saturated rings. The Balaban J connectivity index is 2.18. The predicted octanol–water partition coefficient (Wildman–Crippen LogP) is 2.26. The average molecular weight is 315 g/mol. The Morgan fingerprint density at radius 2 is 1.78 bits per heavy atom. The molecule has 0 amide bonds. The summed E-state index contributed by atoms with van der Waals surface area (Å²) < 4.78 is 19.1. The Kier molecular flexibility index (Phi) is 3.57. The zero-order valence-electron chi connectivity index (χ0n) is 14.5. The highest BCUT2D eigenvalue weighted by Crippen LogP contribution is 2.37. The maximum Gasteiger partial charge on any atom is 0.495 e. The van der Waals surface area contributed by atoms with E-state index in [0.29, 0.717) is 5.56 Å². The molecule has 1 aliphatic rings. The molecule has 6 heteroatoms. The number of aryl methyl sites for hydroxylation is 1. The summed E-state index contributed by atoms with van der Waals surface area (Å²) in [4.78, 5) is 12.1. The second kappa shape index (κ2) is 5.11. The van der Waals surface area contributed by atoms with Crippen LogP contribution in [0.1, 0.15) is 38.1 Å². The highest BCUT2D eigenvalue weighted by molar-refractivity contribution is 6.65. The molecule has 0 spiro atoms. The van der Waals surface area contributed by atoms with E-state index in [0.717, 1.165) is 16.4 Å². The Morgan fingerprint density at radius 1 is 1.17 bits per heavy atom. The maximum absolute atomic E-state index is 12.1. The number of methoxy groups -OCH3 is 1. The molecule has 0 aliphatic carbocycles. The van der Waals surface area contributed by atoms with Gasteiger partial charge in [0.05, 0.1) is 23.9 Å². The number of esters is 1. The number of hydrogen-bond donors (Lipinski definition) is 0. The minimum atomic E-state index is -0.519. The summed E-state index contributed by atoms with van der Waals surface area (Å²) in [6.45, 7) is 8.05. The smallest absolute Gasteiger partial charge is 0.465 e. The van der Waals surface area contributed by atoms with E-state index in [1.54, 1.807) is 6.20 Å². The topological polar surface area (TPSA) is 49.7 Å². The normalized spacial score (nSPS) is 19.3. The van der Waals surface area contributed by atoms with Crippen LogP contribution >= 0.6 is 0 Å². The lowest BCUT2D eigenvalue weighted by molar-refractivity contribution is 0.00578. The van der Waals surface area contributed by atoms with Crippen LogP contribution in [0.2, 0.25) is 0 Å². The lowest BCUT2D eigenvalue weighted by atomic mass is 9.76. The molecule has 0 radical (unpaired) electrons. The fraction of sp³-hybridized carbons (Fsp3) is 0.471. The van der Waals surface area contributed by atoms with Crippen LogP contribution in [0.4, 0.5) is 0 Å². The van der Waals surface area contributed by atoms with Gasteiger partial charge in [0, 0.05) is 24.1 Å². The van der Waals surface area contributed by atoms with Crippen LogP contribution in [0, 0.1) is 0 Å². The van der Waals surface area contributed by atoms with Gasteiger partial charge in [-0.3, -0.25) is 0 Å². The van der Waals surface area contributed by atoms with Crippen LogP contribution in [0.15, 0.2) is 24.4 Å². The number of aromatic nitrogens is 1. The van der Waals surface area contributed by atoms with Crippen molar-refractivity contribution in [3.63, 3.8) is 0 Å². The summed E-state index contributed by atoms with van der Waals surface area (Å²) >= 11 is 0. The van der Waals surface area contributed by atoms with E-state index < -0.39 is 18.3 Å². The van der Waals surface area contributed by atoms with E-state index in [1.165, 1.54) is 7.11 Å². The van der Waals surface area contributed by atoms with Crippen molar-refractivity contribution in [3.05, 3.63) is 30.0 Å². The first-order chi connectivity index (χ1) is 10.7. The van der Waals surface area contributed by atoms with Crippen molar-refractivity contribution >= 4 is 29.5 Å². The van der Waals surface area contributed by atoms with E-state index >= 15 is 0 Å². The maximum atomic E-state index is 12.1. The zero-order valence-corrected chi connectivity index (χ0v) is 14.5. The molecule has 23 heavy (non-hydrogen) atoms. The first-order valence-electron chi connectivity index (χ1n) is 7.70. The van der Waals surface area contributed by atoms with Crippen LogP contribution in [0.25, 0.3) is 10.9 Å². The van der Waals surface area contributed by atoms with E-state index in [1.807, 2.05) is 57.5 Å². The largest absolute Gasteiger partial charge is 0.495 e. The third-order valence-electron chi connectivity index (χ3n) is 4.96. The zero-order chi connectivity index (χ0) is 17.0. The van der Waals surface area contributed by atoms with Crippen LogP contribution in [-0.2, 0) is 21.1 Å². The molecular weight excluding hydrogens is 293 g/mol. The molecule has 0 unspecified atom stereocenters. The minimum Gasteiger partial charge on any atom is -0.465 e. The molecule has 1 aromatic carbocycles. The monoisotopic (exact) mass is 315 g/mol. The van der Waals surface area contributed by atoms with Crippen LogP contribution in [-0.4, -0.2) is 36.0 Å². The summed E-state index contributed by atoms with van der Waals surface area (Å²) in [5, 5.41) is 0.820. The summed E-state index contributed by atoms with van der Waals surface area (Å²) in [5.74, 6) is -0.362. The molecule has 0 atom stereocenters. The lowest BCUT2D eigenvalue weighted by Gasteiger charge is -2.32. The van der Waals surface area contributed by atoms with Crippen LogP contribution in [0.3, 0.4) is 0 Å². The van der Waals surface area contributed by atoms with E-state index in [2.05, 4.69) is 0 Å². The summed E-state index contributed by atoms with van der Waals surface area (Å²) in [6.07, 6.45) is 1.78. The molecule has 1 aliphatic heterocycles. The fourth-order valence-electron chi connectivity index (χ4n) is 2.90. The summed E-state index contributed by atoms with van der Waals surface area (Å²) in [7, 11) is 2.77. The van der Waals surface area contributed by atoms with Gasteiger partial charge in [-0.15, -0.1) is 0 Å². The molecule has 5 nitrogen and oxygen atoms in total. The van der Waals surface area contributed by atoms with E-state index in [-0.39, 0.29) is 5.97 Å². The van der Waals surface area contributed by atoms with Gasteiger partial charge in [-0.25, -0.2) is 4.79 Å². The highest BCUT2D eigenvalue weighted by atomic mass is 16.7. The van der Waals surface area contributed by atoms with Gasteiger partial charge < -0.3 is 18.6 Å². The molecule has 3 rings (SSSR count). The molecule has 0 saturated carbocycles. The van der Waals surface area contributed by atoms with Crippen molar-refractivity contribution in [1.82, 2.24) is 4.57 Å².